The lowest BCUT2D eigenvalue weighted by molar-refractivity contribution is -0.118. The van der Waals surface area contributed by atoms with Crippen LogP contribution in [0.4, 0.5) is 5.69 Å². The smallest absolute Gasteiger partial charge is 0.253 e. The Morgan fingerprint density at radius 1 is 1.12 bits per heavy atom. The van der Waals surface area contributed by atoms with E-state index in [1.165, 1.54) is 5.57 Å². The summed E-state index contributed by atoms with van der Waals surface area (Å²) in [5.74, 6) is 0.454. The van der Waals surface area contributed by atoms with Gasteiger partial charge in [0.2, 0.25) is 5.91 Å². The number of carbonyl (C=O) groups is 2. The Hall–Kier alpha value is -2.10. The highest BCUT2D eigenvalue weighted by molar-refractivity contribution is 5.97. The Labute approximate surface area is 150 Å². The van der Waals surface area contributed by atoms with Gasteiger partial charge in [-0.15, -0.1) is 0 Å². The first-order valence-corrected chi connectivity index (χ1v) is 9.16. The molecule has 25 heavy (non-hydrogen) atoms. The van der Waals surface area contributed by atoms with E-state index in [0.29, 0.717) is 11.5 Å². The summed E-state index contributed by atoms with van der Waals surface area (Å²) < 4.78 is 0. The SMILES string of the molecule is CC(C)=CC1C(C(=O)Nc2ccc(C(=O)N3CCCC3)cc2)C1(C)C. The van der Waals surface area contributed by atoms with Gasteiger partial charge >= 0.3 is 0 Å². The maximum atomic E-state index is 12.6. The summed E-state index contributed by atoms with van der Waals surface area (Å²) in [6, 6.07) is 7.27. The van der Waals surface area contributed by atoms with Crippen LogP contribution in [0.25, 0.3) is 0 Å². The number of carbonyl (C=O) groups excluding carboxylic acids is 2. The third-order valence-electron chi connectivity index (χ3n) is 5.50. The van der Waals surface area contributed by atoms with Crippen molar-refractivity contribution in [2.45, 2.75) is 40.5 Å². The standard InChI is InChI=1S/C21H28N2O2/c1-14(2)13-17-18(21(17,3)4)19(24)22-16-9-7-15(8-10-16)20(25)23-11-5-6-12-23/h7-10,13,17-18H,5-6,11-12H2,1-4H3,(H,22,24). The molecule has 4 nitrogen and oxygen atoms in total. The highest BCUT2D eigenvalue weighted by atomic mass is 16.2. The molecule has 4 heteroatoms. The Balaban J connectivity index is 1.63. The van der Waals surface area contributed by atoms with E-state index in [2.05, 4.69) is 39.1 Å². The van der Waals surface area contributed by atoms with Crippen LogP contribution in [0.5, 0.6) is 0 Å². The zero-order chi connectivity index (χ0) is 18.2. The van der Waals surface area contributed by atoms with Crippen molar-refractivity contribution in [1.82, 2.24) is 4.90 Å². The van der Waals surface area contributed by atoms with Crippen LogP contribution in [0.2, 0.25) is 0 Å². The molecule has 1 saturated heterocycles. The molecule has 2 fully saturated rings. The number of anilines is 1. The molecule has 134 valence electrons. The van der Waals surface area contributed by atoms with Crippen LogP contribution in [0.15, 0.2) is 35.9 Å². The van der Waals surface area contributed by atoms with E-state index >= 15 is 0 Å². The quantitative estimate of drug-likeness (QED) is 0.839. The fourth-order valence-corrected chi connectivity index (χ4v) is 3.87. The van der Waals surface area contributed by atoms with Gasteiger partial charge in [0.25, 0.3) is 5.91 Å². The van der Waals surface area contributed by atoms with Crippen molar-refractivity contribution in [3.05, 3.63) is 41.5 Å². The molecule has 3 rings (SSSR count). The van der Waals surface area contributed by atoms with Gasteiger partial charge in [0, 0.05) is 24.3 Å². The molecule has 1 heterocycles. The third-order valence-corrected chi connectivity index (χ3v) is 5.50. The second kappa shape index (κ2) is 6.66. The van der Waals surface area contributed by atoms with Gasteiger partial charge in [-0.3, -0.25) is 9.59 Å². The molecule has 1 aliphatic heterocycles. The van der Waals surface area contributed by atoms with E-state index in [9.17, 15) is 9.59 Å². The Morgan fingerprint density at radius 3 is 2.28 bits per heavy atom. The first-order valence-electron chi connectivity index (χ1n) is 9.16. The van der Waals surface area contributed by atoms with E-state index < -0.39 is 0 Å². The van der Waals surface area contributed by atoms with Crippen molar-refractivity contribution in [3.63, 3.8) is 0 Å². The van der Waals surface area contributed by atoms with E-state index in [-0.39, 0.29) is 23.1 Å². The molecule has 0 bridgehead atoms. The highest BCUT2D eigenvalue weighted by Gasteiger charge is 2.60. The third kappa shape index (κ3) is 3.63. The van der Waals surface area contributed by atoms with Crippen molar-refractivity contribution in [1.29, 1.82) is 0 Å². The fourth-order valence-electron chi connectivity index (χ4n) is 3.87. The molecular formula is C21H28N2O2. The Bertz CT molecular complexity index is 693. The molecule has 1 N–H and O–H groups in total. The van der Waals surface area contributed by atoms with Crippen LogP contribution >= 0.6 is 0 Å². The second-order valence-electron chi connectivity index (χ2n) is 8.13. The molecule has 1 aromatic rings. The molecule has 0 spiro atoms. The normalized spacial score (nSPS) is 23.9. The number of benzene rings is 1. The molecule has 0 radical (unpaired) electrons. The van der Waals surface area contributed by atoms with Gasteiger partial charge < -0.3 is 10.2 Å². The van der Waals surface area contributed by atoms with Crippen LogP contribution in [0.3, 0.4) is 0 Å². The maximum Gasteiger partial charge on any atom is 0.253 e. The predicted molar refractivity (Wildman–Crippen MR) is 100 cm³/mol. The van der Waals surface area contributed by atoms with Crippen molar-refractivity contribution in [2.75, 3.05) is 18.4 Å². The second-order valence-corrected chi connectivity index (χ2v) is 8.13. The summed E-state index contributed by atoms with van der Waals surface area (Å²) in [7, 11) is 0. The average Bonchev–Trinajstić information content (AvgIpc) is 2.94. The molecule has 2 amide bonds. The molecule has 2 unspecified atom stereocenters. The lowest BCUT2D eigenvalue weighted by atomic mass is 10.1. The minimum absolute atomic E-state index is 0.00696. The van der Waals surface area contributed by atoms with Crippen LogP contribution < -0.4 is 5.32 Å². The molecule has 1 saturated carbocycles. The molecule has 0 aromatic heterocycles. The first kappa shape index (κ1) is 17.7. The van der Waals surface area contributed by atoms with Gasteiger partial charge in [0.1, 0.15) is 0 Å². The van der Waals surface area contributed by atoms with Crippen molar-refractivity contribution >= 4 is 17.5 Å². The van der Waals surface area contributed by atoms with E-state index in [1.807, 2.05) is 29.2 Å². The monoisotopic (exact) mass is 340 g/mol. The highest BCUT2D eigenvalue weighted by Crippen LogP contribution is 2.59. The number of allylic oxidation sites excluding steroid dienone is 2. The number of nitrogens with one attached hydrogen (secondary N) is 1. The van der Waals surface area contributed by atoms with Gasteiger partial charge in [-0.2, -0.15) is 0 Å². The zero-order valence-corrected chi connectivity index (χ0v) is 15.6. The summed E-state index contributed by atoms with van der Waals surface area (Å²) in [5.41, 5.74) is 2.70. The Morgan fingerprint density at radius 2 is 1.72 bits per heavy atom. The van der Waals surface area contributed by atoms with Gasteiger partial charge in [-0.25, -0.2) is 0 Å². The van der Waals surface area contributed by atoms with Crippen molar-refractivity contribution in [2.24, 2.45) is 17.3 Å². The first-order chi connectivity index (χ1) is 11.8. The summed E-state index contributed by atoms with van der Waals surface area (Å²) in [4.78, 5) is 26.8. The lowest BCUT2D eigenvalue weighted by Crippen LogP contribution is -2.27. The summed E-state index contributed by atoms with van der Waals surface area (Å²) in [6.07, 6.45) is 4.37. The largest absolute Gasteiger partial charge is 0.339 e. The summed E-state index contributed by atoms with van der Waals surface area (Å²) in [6.45, 7) is 10.1. The summed E-state index contributed by atoms with van der Waals surface area (Å²) in [5, 5.41) is 3.01. The molecular weight excluding hydrogens is 312 g/mol. The van der Waals surface area contributed by atoms with Crippen LogP contribution in [0.1, 0.15) is 50.9 Å². The molecule has 2 atom stereocenters. The maximum absolute atomic E-state index is 12.6. The number of amides is 2. The van der Waals surface area contributed by atoms with E-state index in [4.69, 9.17) is 0 Å². The fraction of sp³-hybridized carbons (Fsp3) is 0.524. The molecule has 2 aliphatic rings. The predicted octanol–water partition coefficient (Wildman–Crippen LogP) is 4.10. The van der Waals surface area contributed by atoms with Crippen molar-refractivity contribution in [3.8, 4) is 0 Å². The van der Waals surface area contributed by atoms with Crippen LogP contribution in [-0.4, -0.2) is 29.8 Å². The van der Waals surface area contributed by atoms with Crippen LogP contribution in [-0.2, 0) is 4.79 Å². The molecule has 1 aliphatic carbocycles. The van der Waals surface area contributed by atoms with E-state index in [1.54, 1.807) is 0 Å². The number of nitrogens with zero attached hydrogens (tertiary/aromatic N) is 1. The Kier molecular flexibility index (Phi) is 4.72. The minimum atomic E-state index is 0.00696. The van der Waals surface area contributed by atoms with Gasteiger partial charge in [-0.05, 0) is 62.3 Å². The minimum Gasteiger partial charge on any atom is -0.339 e. The number of likely N-dealkylation sites (tertiary alicyclic amines) is 1. The zero-order valence-electron chi connectivity index (χ0n) is 15.6. The lowest BCUT2D eigenvalue weighted by Gasteiger charge is -2.15. The van der Waals surface area contributed by atoms with Gasteiger partial charge in [0.15, 0.2) is 0 Å². The average molecular weight is 340 g/mol. The number of rotatable bonds is 4. The topological polar surface area (TPSA) is 49.4 Å². The number of hydrogen-bond acceptors (Lipinski definition) is 2. The van der Waals surface area contributed by atoms with Gasteiger partial charge in [-0.1, -0.05) is 25.5 Å². The van der Waals surface area contributed by atoms with Crippen molar-refractivity contribution < 1.29 is 9.59 Å². The van der Waals surface area contributed by atoms with E-state index in [0.717, 1.165) is 31.6 Å². The number of hydrogen-bond donors (Lipinski definition) is 1. The van der Waals surface area contributed by atoms with Crippen LogP contribution in [0, 0.1) is 17.3 Å². The van der Waals surface area contributed by atoms with Gasteiger partial charge in [0.05, 0.1) is 5.92 Å². The summed E-state index contributed by atoms with van der Waals surface area (Å²) >= 11 is 0. The molecule has 1 aromatic carbocycles.